The van der Waals surface area contributed by atoms with Crippen molar-refractivity contribution < 1.29 is 27.8 Å². The Labute approximate surface area is 174 Å². The molecular weight excluding hydrogens is 398 g/mol. The molecular formula is C20H36F2N2O4Si. The van der Waals surface area contributed by atoms with E-state index in [0.717, 1.165) is 0 Å². The SMILES string of the molecule is CC(C)(C)OC(=O)NC(C#C[Si](C)(C)C)CCC(NC(=O)OC(C)(C)C)C(F)F. The molecule has 0 aromatic heterocycles. The second-order valence-electron chi connectivity index (χ2n) is 9.88. The van der Waals surface area contributed by atoms with Crippen molar-refractivity contribution in [3.8, 4) is 11.5 Å². The average Bonchev–Trinajstić information content (AvgIpc) is 2.43. The van der Waals surface area contributed by atoms with Gasteiger partial charge in [0.1, 0.15) is 19.3 Å². The molecule has 2 atom stereocenters. The quantitative estimate of drug-likeness (QED) is 0.469. The fourth-order valence-corrected chi connectivity index (χ4v) is 2.61. The Balaban J connectivity index is 5.15. The molecule has 2 amide bonds. The van der Waals surface area contributed by atoms with Crippen LogP contribution in [0.2, 0.25) is 19.6 Å². The Morgan fingerprint density at radius 3 is 1.72 bits per heavy atom. The lowest BCUT2D eigenvalue weighted by molar-refractivity contribution is 0.0353. The van der Waals surface area contributed by atoms with Gasteiger partial charge in [0.05, 0.1) is 12.1 Å². The summed E-state index contributed by atoms with van der Waals surface area (Å²) in [5.74, 6) is 2.97. The Hall–Kier alpha value is -1.82. The van der Waals surface area contributed by atoms with E-state index >= 15 is 0 Å². The van der Waals surface area contributed by atoms with Crippen LogP contribution >= 0.6 is 0 Å². The van der Waals surface area contributed by atoms with Crippen molar-refractivity contribution in [2.45, 2.75) is 104 Å². The van der Waals surface area contributed by atoms with E-state index in [4.69, 9.17) is 9.47 Å². The van der Waals surface area contributed by atoms with Crippen molar-refractivity contribution >= 4 is 20.3 Å². The van der Waals surface area contributed by atoms with Crippen LogP contribution in [0.3, 0.4) is 0 Å². The zero-order valence-electron chi connectivity index (χ0n) is 19.0. The molecule has 0 aliphatic carbocycles. The second-order valence-corrected chi connectivity index (χ2v) is 14.6. The van der Waals surface area contributed by atoms with Crippen LogP contribution in [0.4, 0.5) is 18.4 Å². The van der Waals surface area contributed by atoms with E-state index in [9.17, 15) is 18.4 Å². The van der Waals surface area contributed by atoms with Crippen LogP contribution in [0.15, 0.2) is 0 Å². The summed E-state index contributed by atoms with van der Waals surface area (Å²) in [7, 11) is -1.74. The molecule has 29 heavy (non-hydrogen) atoms. The highest BCUT2D eigenvalue weighted by Gasteiger charge is 2.27. The number of amides is 2. The maximum atomic E-state index is 13.4. The number of carbonyl (C=O) groups excluding carboxylic acids is 2. The van der Waals surface area contributed by atoms with Gasteiger partial charge < -0.3 is 20.1 Å². The number of hydrogen-bond donors (Lipinski definition) is 2. The Kier molecular flexibility index (Phi) is 10.1. The van der Waals surface area contributed by atoms with E-state index in [-0.39, 0.29) is 12.8 Å². The van der Waals surface area contributed by atoms with Crippen LogP contribution in [-0.4, -0.2) is 50.0 Å². The fourth-order valence-electron chi connectivity index (χ4n) is 2.00. The normalized spacial score (nSPS) is 14.3. The van der Waals surface area contributed by atoms with Gasteiger partial charge >= 0.3 is 12.2 Å². The van der Waals surface area contributed by atoms with Crippen LogP contribution in [0.5, 0.6) is 0 Å². The molecule has 6 nitrogen and oxygen atoms in total. The lowest BCUT2D eigenvalue weighted by Crippen LogP contribution is -2.44. The lowest BCUT2D eigenvalue weighted by Gasteiger charge is -2.25. The van der Waals surface area contributed by atoms with E-state index in [1.54, 1.807) is 41.5 Å². The van der Waals surface area contributed by atoms with Crippen molar-refractivity contribution in [2.75, 3.05) is 0 Å². The van der Waals surface area contributed by atoms with E-state index < -0.39 is 50.0 Å². The summed E-state index contributed by atoms with van der Waals surface area (Å²) < 4.78 is 37.1. The van der Waals surface area contributed by atoms with Crippen LogP contribution < -0.4 is 10.6 Å². The lowest BCUT2D eigenvalue weighted by atomic mass is 10.1. The van der Waals surface area contributed by atoms with Gasteiger partial charge in [-0.3, -0.25) is 0 Å². The van der Waals surface area contributed by atoms with Gasteiger partial charge in [-0.25, -0.2) is 18.4 Å². The summed E-state index contributed by atoms with van der Waals surface area (Å²) >= 11 is 0. The zero-order chi connectivity index (χ0) is 23.0. The molecule has 0 bridgehead atoms. The van der Waals surface area contributed by atoms with Crippen LogP contribution in [0, 0.1) is 11.5 Å². The van der Waals surface area contributed by atoms with Gasteiger partial charge in [0.15, 0.2) is 0 Å². The molecule has 2 unspecified atom stereocenters. The Bertz CT molecular complexity index is 611. The standard InChI is InChI=1S/C20H36F2N2O4Si/c1-19(2,3)27-17(25)23-14(12-13-29(7,8)9)10-11-15(16(21)22)24-18(26)28-20(4,5)6/h14-16H,10-11H2,1-9H3,(H,23,25)(H,24,26). The molecule has 0 spiro atoms. The average molecular weight is 435 g/mol. The molecule has 168 valence electrons. The summed E-state index contributed by atoms with van der Waals surface area (Å²) in [6, 6.07) is -2.08. The molecule has 0 heterocycles. The van der Waals surface area contributed by atoms with Gasteiger partial charge in [-0.05, 0) is 54.4 Å². The molecule has 0 saturated heterocycles. The summed E-state index contributed by atoms with van der Waals surface area (Å²) in [6.07, 6.45) is -4.32. The fraction of sp³-hybridized carbons (Fsp3) is 0.800. The van der Waals surface area contributed by atoms with Gasteiger partial charge in [0.25, 0.3) is 6.43 Å². The Morgan fingerprint density at radius 2 is 1.34 bits per heavy atom. The molecule has 0 aliphatic rings. The zero-order valence-corrected chi connectivity index (χ0v) is 20.0. The van der Waals surface area contributed by atoms with Gasteiger partial charge in [-0.2, -0.15) is 0 Å². The van der Waals surface area contributed by atoms with Crippen molar-refractivity contribution in [3.63, 3.8) is 0 Å². The minimum absolute atomic E-state index is 0.0856. The van der Waals surface area contributed by atoms with E-state index in [2.05, 4.69) is 22.1 Å². The number of hydrogen-bond acceptors (Lipinski definition) is 4. The van der Waals surface area contributed by atoms with Gasteiger partial charge in [0.2, 0.25) is 0 Å². The highest BCUT2D eigenvalue weighted by Crippen LogP contribution is 2.14. The number of halogens is 2. The molecule has 0 saturated carbocycles. The maximum absolute atomic E-state index is 13.4. The van der Waals surface area contributed by atoms with Crippen molar-refractivity contribution in [2.24, 2.45) is 0 Å². The first-order chi connectivity index (χ1) is 12.9. The first-order valence-electron chi connectivity index (χ1n) is 9.68. The maximum Gasteiger partial charge on any atom is 0.408 e. The molecule has 0 rings (SSSR count). The summed E-state index contributed by atoms with van der Waals surface area (Å²) in [6.45, 7) is 16.3. The Morgan fingerprint density at radius 1 is 0.897 bits per heavy atom. The second kappa shape index (κ2) is 10.8. The molecule has 2 N–H and O–H groups in total. The van der Waals surface area contributed by atoms with E-state index in [1.165, 1.54) is 0 Å². The number of nitrogens with one attached hydrogen (secondary N) is 2. The van der Waals surface area contributed by atoms with Crippen molar-refractivity contribution in [1.82, 2.24) is 10.6 Å². The number of ether oxygens (including phenoxy) is 2. The predicted molar refractivity (Wildman–Crippen MR) is 113 cm³/mol. The minimum Gasteiger partial charge on any atom is -0.444 e. The first-order valence-corrected chi connectivity index (χ1v) is 13.2. The van der Waals surface area contributed by atoms with E-state index in [0.29, 0.717) is 0 Å². The summed E-state index contributed by atoms with van der Waals surface area (Å²) in [5, 5.41) is 4.83. The minimum atomic E-state index is -2.78. The molecule has 0 radical (unpaired) electrons. The monoisotopic (exact) mass is 434 g/mol. The van der Waals surface area contributed by atoms with Gasteiger partial charge in [0, 0.05) is 0 Å². The van der Waals surface area contributed by atoms with Gasteiger partial charge in [-0.1, -0.05) is 25.6 Å². The number of alkyl carbamates (subject to hydrolysis) is 2. The molecule has 0 aliphatic heterocycles. The van der Waals surface area contributed by atoms with E-state index in [1.807, 2.05) is 19.6 Å². The topological polar surface area (TPSA) is 76.7 Å². The van der Waals surface area contributed by atoms with Crippen LogP contribution in [0.1, 0.15) is 54.4 Å². The third kappa shape index (κ3) is 15.7. The number of alkyl halides is 2. The smallest absolute Gasteiger partial charge is 0.408 e. The summed E-state index contributed by atoms with van der Waals surface area (Å²) in [4.78, 5) is 23.9. The largest absolute Gasteiger partial charge is 0.444 e. The van der Waals surface area contributed by atoms with Gasteiger partial charge in [-0.15, -0.1) is 5.54 Å². The van der Waals surface area contributed by atoms with Crippen molar-refractivity contribution in [3.05, 3.63) is 0 Å². The predicted octanol–water partition coefficient (Wildman–Crippen LogP) is 4.70. The highest BCUT2D eigenvalue weighted by molar-refractivity contribution is 6.83. The third-order valence-electron chi connectivity index (χ3n) is 3.09. The number of rotatable bonds is 6. The molecule has 0 aromatic rings. The number of carbonyl (C=O) groups is 2. The molecule has 0 fully saturated rings. The molecule has 0 aromatic carbocycles. The highest BCUT2D eigenvalue weighted by atomic mass is 28.3. The first kappa shape index (κ1) is 27.2. The molecule has 9 heteroatoms. The van der Waals surface area contributed by atoms with Crippen LogP contribution in [-0.2, 0) is 9.47 Å². The third-order valence-corrected chi connectivity index (χ3v) is 3.98. The van der Waals surface area contributed by atoms with Crippen molar-refractivity contribution in [1.29, 1.82) is 0 Å². The summed E-state index contributed by atoms with van der Waals surface area (Å²) in [5.41, 5.74) is 1.65. The van der Waals surface area contributed by atoms with Crippen LogP contribution in [0.25, 0.3) is 0 Å².